The number of nitrogens with one attached hydrogen (secondary N) is 1. The van der Waals surface area contributed by atoms with Crippen molar-refractivity contribution in [2.75, 3.05) is 19.6 Å². The van der Waals surface area contributed by atoms with Crippen LogP contribution in [0.3, 0.4) is 0 Å². The molecule has 1 atom stereocenters. The average molecular weight is 367 g/mol. The zero-order valence-electron chi connectivity index (χ0n) is 12.3. The summed E-state index contributed by atoms with van der Waals surface area (Å²) in [6.07, 6.45) is 5.33. The van der Waals surface area contributed by atoms with Crippen molar-refractivity contribution in [1.29, 1.82) is 0 Å². The third-order valence-electron chi connectivity index (χ3n) is 3.96. The fraction of sp³-hybridized carbons (Fsp3) is 0.438. The Labute approximate surface area is 137 Å². The highest BCUT2D eigenvalue weighted by atomic mass is 79.9. The van der Waals surface area contributed by atoms with Crippen LogP contribution < -0.4 is 5.32 Å². The van der Waals surface area contributed by atoms with E-state index in [9.17, 15) is 4.79 Å². The molecule has 2 aromatic rings. The average Bonchev–Trinajstić information content (AvgIpc) is 3.20. The first-order valence-electron chi connectivity index (χ1n) is 7.55. The number of amides is 1. The zero-order chi connectivity index (χ0) is 15.4. The summed E-state index contributed by atoms with van der Waals surface area (Å²) in [4.78, 5) is 14.5. The lowest BCUT2D eigenvalue weighted by Crippen LogP contribution is -2.40. The first-order chi connectivity index (χ1) is 10.7. The molecule has 0 spiro atoms. The number of hydrogen-bond donors (Lipinski definition) is 1. The lowest BCUT2D eigenvalue weighted by molar-refractivity contribution is 0.0886. The monoisotopic (exact) mass is 366 g/mol. The minimum Gasteiger partial charge on any atom is -0.468 e. The molecule has 1 fully saturated rings. The summed E-state index contributed by atoms with van der Waals surface area (Å²) < 4.78 is 11.4. The number of piperidine rings is 1. The summed E-state index contributed by atoms with van der Waals surface area (Å²) in [6, 6.07) is 7.29. The molecule has 1 amide bonds. The van der Waals surface area contributed by atoms with Crippen LogP contribution in [-0.4, -0.2) is 30.4 Å². The molecular weight excluding hydrogens is 348 g/mol. The number of rotatable bonds is 5. The van der Waals surface area contributed by atoms with E-state index in [2.05, 4.69) is 26.1 Å². The predicted molar refractivity (Wildman–Crippen MR) is 85.6 cm³/mol. The molecule has 0 aromatic carbocycles. The molecule has 3 heterocycles. The van der Waals surface area contributed by atoms with Crippen LogP contribution in [0.1, 0.15) is 41.6 Å². The molecule has 6 heteroatoms. The normalized spacial score (nSPS) is 17.3. The van der Waals surface area contributed by atoms with Gasteiger partial charge in [0, 0.05) is 6.54 Å². The SMILES string of the molecule is O=C(NC[C@H](c1ccco1)N1CCCCC1)c1ccc(Br)o1. The molecule has 0 saturated carbocycles. The van der Waals surface area contributed by atoms with E-state index in [0.29, 0.717) is 17.0 Å². The first-order valence-corrected chi connectivity index (χ1v) is 8.34. The van der Waals surface area contributed by atoms with E-state index in [4.69, 9.17) is 8.83 Å². The number of hydrogen-bond acceptors (Lipinski definition) is 4. The summed E-state index contributed by atoms with van der Waals surface area (Å²) in [5.74, 6) is 0.991. The number of carbonyl (C=O) groups is 1. The van der Waals surface area contributed by atoms with E-state index in [1.54, 1.807) is 18.4 Å². The van der Waals surface area contributed by atoms with Gasteiger partial charge in [0.15, 0.2) is 10.4 Å². The van der Waals surface area contributed by atoms with Crippen LogP contribution in [0.25, 0.3) is 0 Å². The van der Waals surface area contributed by atoms with Gasteiger partial charge in [-0.2, -0.15) is 0 Å². The van der Waals surface area contributed by atoms with Crippen molar-refractivity contribution in [3.8, 4) is 0 Å². The van der Waals surface area contributed by atoms with Gasteiger partial charge in [0.05, 0.1) is 12.3 Å². The van der Waals surface area contributed by atoms with E-state index >= 15 is 0 Å². The van der Waals surface area contributed by atoms with Crippen molar-refractivity contribution in [1.82, 2.24) is 10.2 Å². The van der Waals surface area contributed by atoms with Crippen molar-refractivity contribution in [2.24, 2.45) is 0 Å². The van der Waals surface area contributed by atoms with E-state index < -0.39 is 0 Å². The maximum atomic E-state index is 12.1. The molecule has 3 rings (SSSR count). The summed E-state index contributed by atoms with van der Waals surface area (Å²) in [5, 5.41) is 2.94. The minimum absolute atomic E-state index is 0.0673. The third kappa shape index (κ3) is 3.62. The number of carbonyl (C=O) groups excluding carboxylic acids is 1. The van der Waals surface area contributed by atoms with Crippen molar-refractivity contribution in [2.45, 2.75) is 25.3 Å². The highest BCUT2D eigenvalue weighted by Crippen LogP contribution is 2.24. The van der Waals surface area contributed by atoms with Gasteiger partial charge < -0.3 is 14.2 Å². The number of furan rings is 2. The zero-order valence-corrected chi connectivity index (χ0v) is 13.8. The summed E-state index contributed by atoms with van der Waals surface area (Å²) in [7, 11) is 0. The Bertz CT molecular complexity index is 603. The Hall–Kier alpha value is -1.53. The van der Waals surface area contributed by atoms with Crippen LogP contribution in [0.5, 0.6) is 0 Å². The Kier molecular flexibility index (Phi) is 5.00. The van der Waals surface area contributed by atoms with Crippen molar-refractivity contribution >= 4 is 21.8 Å². The third-order valence-corrected chi connectivity index (χ3v) is 4.38. The molecule has 0 bridgehead atoms. The maximum Gasteiger partial charge on any atom is 0.287 e. The Morgan fingerprint density at radius 3 is 2.73 bits per heavy atom. The Balaban J connectivity index is 1.66. The van der Waals surface area contributed by atoms with E-state index in [-0.39, 0.29) is 11.9 Å². The smallest absolute Gasteiger partial charge is 0.287 e. The second-order valence-corrected chi connectivity index (χ2v) is 6.22. The Morgan fingerprint density at radius 2 is 2.09 bits per heavy atom. The van der Waals surface area contributed by atoms with Gasteiger partial charge in [0.2, 0.25) is 0 Å². The standard InChI is InChI=1S/C16H19BrN2O3/c17-15-7-6-14(22-15)16(20)18-11-12(13-5-4-10-21-13)19-8-2-1-3-9-19/h4-7,10,12H,1-3,8-9,11H2,(H,18,20)/t12-/m1/s1. The molecule has 0 unspecified atom stereocenters. The van der Waals surface area contributed by atoms with Gasteiger partial charge in [0.25, 0.3) is 5.91 Å². The fourth-order valence-corrected chi connectivity index (χ4v) is 3.14. The lowest BCUT2D eigenvalue weighted by atomic mass is 10.1. The molecule has 22 heavy (non-hydrogen) atoms. The van der Waals surface area contributed by atoms with Gasteiger partial charge in [-0.3, -0.25) is 9.69 Å². The molecule has 1 aliphatic heterocycles. The molecule has 0 radical (unpaired) electrons. The quantitative estimate of drug-likeness (QED) is 0.878. The second kappa shape index (κ2) is 7.15. The van der Waals surface area contributed by atoms with E-state index in [1.165, 1.54) is 19.3 Å². The van der Waals surface area contributed by atoms with Gasteiger partial charge in [-0.25, -0.2) is 0 Å². The maximum absolute atomic E-state index is 12.1. The first kappa shape index (κ1) is 15.4. The highest BCUT2D eigenvalue weighted by molar-refractivity contribution is 9.10. The van der Waals surface area contributed by atoms with Crippen molar-refractivity contribution in [3.05, 3.63) is 46.7 Å². The van der Waals surface area contributed by atoms with Crippen LogP contribution in [0, 0.1) is 0 Å². The summed E-state index contributed by atoms with van der Waals surface area (Å²) in [5.41, 5.74) is 0. The molecule has 0 aliphatic carbocycles. The van der Waals surface area contributed by atoms with Crippen LogP contribution in [-0.2, 0) is 0 Å². The second-order valence-electron chi connectivity index (χ2n) is 5.44. The fourth-order valence-electron chi connectivity index (χ4n) is 2.83. The Morgan fingerprint density at radius 1 is 1.27 bits per heavy atom. The van der Waals surface area contributed by atoms with E-state index in [0.717, 1.165) is 18.8 Å². The van der Waals surface area contributed by atoms with Crippen molar-refractivity contribution < 1.29 is 13.6 Å². The van der Waals surface area contributed by atoms with Crippen molar-refractivity contribution in [3.63, 3.8) is 0 Å². The molecule has 1 saturated heterocycles. The lowest BCUT2D eigenvalue weighted by Gasteiger charge is -2.33. The number of halogens is 1. The predicted octanol–water partition coefficient (Wildman–Crippen LogP) is 3.59. The van der Waals surface area contributed by atoms with Crippen LogP contribution in [0.4, 0.5) is 0 Å². The largest absolute Gasteiger partial charge is 0.468 e. The van der Waals surface area contributed by atoms with Crippen LogP contribution in [0.2, 0.25) is 0 Å². The minimum atomic E-state index is -0.209. The number of likely N-dealkylation sites (tertiary alicyclic amines) is 1. The van der Waals surface area contributed by atoms with Gasteiger partial charge in [0.1, 0.15) is 5.76 Å². The summed E-state index contributed by atoms with van der Waals surface area (Å²) in [6.45, 7) is 2.58. The molecule has 5 nitrogen and oxygen atoms in total. The molecule has 1 N–H and O–H groups in total. The van der Waals surface area contributed by atoms with Gasteiger partial charge in [-0.1, -0.05) is 6.42 Å². The van der Waals surface area contributed by atoms with Crippen LogP contribution >= 0.6 is 15.9 Å². The van der Waals surface area contributed by atoms with Gasteiger partial charge in [-0.05, 0) is 66.1 Å². The molecule has 2 aromatic heterocycles. The highest BCUT2D eigenvalue weighted by Gasteiger charge is 2.25. The molecule has 1 aliphatic rings. The van der Waals surface area contributed by atoms with E-state index in [1.807, 2.05) is 12.1 Å². The molecular formula is C16H19BrN2O3. The number of nitrogens with zero attached hydrogens (tertiary/aromatic N) is 1. The van der Waals surface area contributed by atoms with Gasteiger partial charge in [-0.15, -0.1) is 0 Å². The topological polar surface area (TPSA) is 58.6 Å². The van der Waals surface area contributed by atoms with Gasteiger partial charge >= 0.3 is 0 Å². The molecule has 118 valence electrons. The summed E-state index contributed by atoms with van der Waals surface area (Å²) >= 11 is 3.20. The van der Waals surface area contributed by atoms with Crippen LogP contribution in [0.15, 0.2) is 44.0 Å².